The molecule has 31 heavy (non-hydrogen) atoms. The van der Waals surface area contributed by atoms with Gasteiger partial charge in [-0.15, -0.1) is 0 Å². The number of H-pyrrole nitrogens is 2. The highest BCUT2D eigenvalue weighted by Gasteiger charge is 2.10. The molecule has 0 aliphatic heterocycles. The smallest absolute Gasteiger partial charge is 0.283 e. The van der Waals surface area contributed by atoms with Crippen molar-refractivity contribution >= 4 is 0 Å². The maximum Gasteiger partial charge on any atom is 0.283 e. The molecule has 0 saturated heterocycles. The lowest BCUT2D eigenvalue weighted by Crippen LogP contribution is -2.14. The van der Waals surface area contributed by atoms with Crippen LogP contribution in [0.3, 0.4) is 0 Å². The molecule has 0 unspecified atom stereocenters. The van der Waals surface area contributed by atoms with Crippen LogP contribution >= 0.6 is 0 Å². The summed E-state index contributed by atoms with van der Waals surface area (Å²) in [6.07, 6.45) is 2.21. The first-order valence-corrected chi connectivity index (χ1v) is 10.7. The molecule has 2 heterocycles. The van der Waals surface area contributed by atoms with E-state index >= 15 is 0 Å². The van der Waals surface area contributed by atoms with E-state index in [2.05, 4.69) is 60.9 Å². The molecule has 2 N–H and O–H groups in total. The van der Waals surface area contributed by atoms with Crippen LogP contribution in [-0.4, -0.2) is 36.7 Å². The van der Waals surface area contributed by atoms with Gasteiger partial charge in [0, 0.05) is 19.3 Å². The zero-order valence-corrected chi connectivity index (χ0v) is 20.8. The summed E-state index contributed by atoms with van der Waals surface area (Å²) in [5.41, 5.74) is 1.07. The van der Waals surface area contributed by atoms with E-state index in [4.69, 9.17) is 9.47 Å². The maximum atomic E-state index is 10.5. The lowest BCUT2D eigenvalue weighted by molar-refractivity contribution is 0.0312. The van der Waals surface area contributed by atoms with E-state index < -0.39 is 0 Å². The quantitative estimate of drug-likeness (QED) is 0.599. The highest BCUT2D eigenvalue weighted by atomic mass is 16.5. The van der Waals surface area contributed by atoms with Gasteiger partial charge >= 0.3 is 0 Å². The van der Waals surface area contributed by atoms with Crippen LogP contribution in [0.1, 0.15) is 71.5 Å². The van der Waals surface area contributed by atoms with Crippen molar-refractivity contribution in [1.82, 2.24) is 10.3 Å². The summed E-state index contributed by atoms with van der Waals surface area (Å²) in [7, 11) is 0. The Kier molecular flexibility index (Phi) is 13.2. The zero-order valence-electron chi connectivity index (χ0n) is 20.8. The third kappa shape index (κ3) is 17.3. The third-order valence-electron chi connectivity index (χ3n) is 4.18. The molecule has 0 aliphatic rings. The number of aryl methyl sites for hydroxylation is 2. The number of rotatable bonds is 7. The summed E-state index contributed by atoms with van der Waals surface area (Å²) in [6, 6.07) is 1.39. The molecule has 0 fully saturated rings. The molecule has 0 bridgehead atoms. The molecule has 8 nitrogen and oxygen atoms in total. The highest BCUT2D eigenvalue weighted by Crippen LogP contribution is 2.18. The summed E-state index contributed by atoms with van der Waals surface area (Å²) in [5, 5.41) is 4.34. The van der Waals surface area contributed by atoms with Gasteiger partial charge in [0.05, 0.1) is 18.8 Å². The van der Waals surface area contributed by atoms with Crippen LogP contribution in [0, 0.1) is 31.6 Å². The van der Waals surface area contributed by atoms with Crippen molar-refractivity contribution in [3.05, 3.63) is 43.9 Å². The van der Waals surface area contributed by atoms with Gasteiger partial charge in [-0.3, -0.25) is 9.59 Å². The highest BCUT2D eigenvalue weighted by molar-refractivity contribution is 5.08. The van der Waals surface area contributed by atoms with Gasteiger partial charge in [0.15, 0.2) is 0 Å². The molecule has 2 aromatic heterocycles. The van der Waals surface area contributed by atoms with Gasteiger partial charge in [0.2, 0.25) is 0 Å². The minimum Gasteiger partial charge on any atom is -0.384 e. The fourth-order valence-corrected chi connectivity index (χ4v) is 1.89. The van der Waals surface area contributed by atoms with E-state index in [0.717, 1.165) is 39.3 Å². The molecular weight excluding hydrogens is 400 g/mol. The first-order valence-electron chi connectivity index (χ1n) is 10.7. The molecular formula is C23H42N2O6. The van der Waals surface area contributed by atoms with Crippen LogP contribution in [0.25, 0.3) is 0 Å². The number of hydrogen-bond acceptors (Lipinski definition) is 6. The van der Waals surface area contributed by atoms with Crippen molar-refractivity contribution in [2.45, 2.75) is 75.2 Å². The standard InChI is InChI=1S/C14H30O2.C5H7NO2.C4H5NO2/c1-13(2,3)7-9-15-11-12-16-10-8-14(4,5)6;1-3-4(2)8-6-5(3)7;1-3-2-4(6)5-7-3/h7-12H2,1-6H3;1-2H3,(H,6,7);2H,1H3,(H,5,6). The number of hydrogen-bond donors (Lipinski definition) is 2. The second kappa shape index (κ2) is 14.1. The summed E-state index contributed by atoms with van der Waals surface area (Å²) < 4.78 is 20.2. The summed E-state index contributed by atoms with van der Waals surface area (Å²) in [5.74, 6) is 1.28. The van der Waals surface area contributed by atoms with Crippen molar-refractivity contribution in [2.75, 3.05) is 26.4 Å². The van der Waals surface area contributed by atoms with Gasteiger partial charge in [-0.05, 0) is 44.4 Å². The topological polar surface area (TPSA) is 110 Å². The first-order chi connectivity index (χ1) is 14.2. The normalized spacial score (nSPS) is 11.4. The van der Waals surface area contributed by atoms with E-state index in [9.17, 15) is 9.59 Å². The molecule has 8 heteroatoms. The average Bonchev–Trinajstić information content (AvgIpc) is 3.15. The number of nitrogens with one attached hydrogen (secondary N) is 2. The van der Waals surface area contributed by atoms with E-state index in [1.54, 1.807) is 20.8 Å². The molecule has 180 valence electrons. The minimum atomic E-state index is -0.183. The van der Waals surface area contributed by atoms with E-state index in [0.29, 0.717) is 27.9 Å². The van der Waals surface area contributed by atoms with Crippen LogP contribution in [0.4, 0.5) is 0 Å². The Morgan fingerprint density at radius 3 is 1.45 bits per heavy atom. The Bertz CT molecular complexity index is 794. The van der Waals surface area contributed by atoms with E-state index in [-0.39, 0.29) is 11.1 Å². The van der Waals surface area contributed by atoms with Crippen molar-refractivity contribution in [1.29, 1.82) is 0 Å². The zero-order chi connectivity index (χ0) is 24.1. The number of aromatic nitrogens is 2. The van der Waals surface area contributed by atoms with Crippen LogP contribution in [-0.2, 0) is 9.47 Å². The Hall–Kier alpha value is -2.06. The number of aromatic amines is 2. The summed E-state index contributed by atoms with van der Waals surface area (Å²) in [4.78, 5) is 20.6. The van der Waals surface area contributed by atoms with Crippen LogP contribution in [0.5, 0.6) is 0 Å². The third-order valence-corrected chi connectivity index (χ3v) is 4.18. The Balaban J connectivity index is 0.000000492. The predicted octanol–water partition coefficient (Wildman–Crippen LogP) is 4.75. The Morgan fingerprint density at radius 2 is 1.26 bits per heavy atom. The maximum absolute atomic E-state index is 10.5. The molecule has 2 rings (SSSR count). The van der Waals surface area contributed by atoms with Gasteiger partial charge in [0.25, 0.3) is 11.1 Å². The van der Waals surface area contributed by atoms with Gasteiger partial charge in [-0.25, -0.2) is 0 Å². The molecule has 0 amide bonds. The lowest BCUT2D eigenvalue weighted by atomic mass is 9.93. The van der Waals surface area contributed by atoms with Crippen molar-refractivity contribution < 1.29 is 18.5 Å². The monoisotopic (exact) mass is 442 g/mol. The molecule has 2 aromatic rings. The molecule has 0 aromatic carbocycles. The lowest BCUT2D eigenvalue weighted by Gasteiger charge is -2.18. The van der Waals surface area contributed by atoms with Crippen molar-refractivity contribution in [3.8, 4) is 0 Å². The van der Waals surface area contributed by atoms with Gasteiger partial charge in [-0.2, -0.15) is 10.3 Å². The predicted molar refractivity (Wildman–Crippen MR) is 123 cm³/mol. The van der Waals surface area contributed by atoms with Crippen molar-refractivity contribution in [3.63, 3.8) is 0 Å². The Labute approximate surface area is 185 Å². The van der Waals surface area contributed by atoms with Crippen LogP contribution in [0.15, 0.2) is 24.7 Å². The fraction of sp³-hybridized carbons (Fsp3) is 0.739. The van der Waals surface area contributed by atoms with E-state index in [1.165, 1.54) is 6.07 Å². The first kappa shape index (κ1) is 28.9. The largest absolute Gasteiger partial charge is 0.384 e. The number of ether oxygens (including phenoxy) is 2. The summed E-state index contributed by atoms with van der Waals surface area (Å²) in [6.45, 7) is 21.7. The second-order valence-corrected chi connectivity index (χ2v) is 9.88. The van der Waals surface area contributed by atoms with E-state index in [1.807, 2.05) is 0 Å². The van der Waals surface area contributed by atoms with Gasteiger partial charge in [-0.1, -0.05) is 41.5 Å². The second-order valence-electron chi connectivity index (χ2n) is 9.88. The molecule has 0 spiro atoms. The van der Waals surface area contributed by atoms with Crippen molar-refractivity contribution in [2.24, 2.45) is 10.8 Å². The molecule has 0 saturated carbocycles. The molecule has 0 aliphatic carbocycles. The van der Waals surface area contributed by atoms with Gasteiger partial charge < -0.3 is 18.5 Å². The Morgan fingerprint density at radius 1 is 0.774 bits per heavy atom. The molecule has 0 atom stereocenters. The van der Waals surface area contributed by atoms with Gasteiger partial charge in [0.1, 0.15) is 11.5 Å². The minimum absolute atomic E-state index is 0.137. The fourth-order valence-electron chi connectivity index (χ4n) is 1.89. The average molecular weight is 443 g/mol. The van der Waals surface area contributed by atoms with Crippen LogP contribution in [0.2, 0.25) is 0 Å². The summed E-state index contributed by atoms with van der Waals surface area (Å²) >= 11 is 0. The SMILES string of the molecule is CC(C)(C)CCOCCOCCC(C)(C)C.Cc1cc(=O)[nH]o1.Cc1o[nH]c(=O)c1C. The molecule has 0 radical (unpaired) electrons. The van der Waals surface area contributed by atoms with Crippen LogP contribution < -0.4 is 11.1 Å².